The maximum absolute atomic E-state index is 5.27. The fourth-order valence-electron chi connectivity index (χ4n) is 1.46. The number of nitrogens with one attached hydrogen (secondary N) is 1. The van der Waals surface area contributed by atoms with Gasteiger partial charge in [-0.1, -0.05) is 15.9 Å². The molecule has 0 radical (unpaired) electrons. The van der Waals surface area contributed by atoms with E-state index < -0.39 is 0 Å². The van der Waals surface area contributed by atoms with Crippen molar-refractivity contribution in [3.63, 3.8) is 0 Å². The second kappa shape index (κ2) is 6.13. The minimum Gasteiger partial charge on any atom is -0.383 e. The monoisotopic (exact) mass is 271 g/mol. The van der Waals surface area contributed by atoms with Crippen molar-refractivity contribution in [3.8, 4) is 0 Å². The smallest absolute Gasteiger partial charge is 0.0638 e. The Balaban J connectivity index is 2.55. The molecule has 15 heavy (non-hydrogen) atoms. The standard InChI is InChI=1S/C12H18BrNO/c1-4-15-6-5-14-11-7-9(2)12(13)10(3)8-11/h7-8,14H,4-6H2,1-3H3. The van der Waals surface area contributed by atoms with Gasteiger partial charge in [-0.05, 0) is 44.0 Å². The van der Waals surface area contributed by atoms with Crippen molar-refractivity contribution in [2.75, 3.05) is 25.1 Å². The summed E-state index contributed by atoms with van der Waals surface area (Å²) < 4.78 is 6.46. The average Bonchev–Trinajstić information content (AvgIpc) is 2.21. The zero-order chi connectivity index (χ0) is 11.3. The highest BCUT2D eigenvalue weighted by molar-refractivity contribution is 9.10. The van der Waals surface area contributed by atoms with Gasteiger partial charge in [0.1, 0.15) is 0 Å². The maximum Gasteiger partial charge on any atom is 0.0638 e. The van der Waals surface area contributed by atoms with Gasteiger partial charge >= 0.3 is 0 Å². The fraction of sp³-hybridized carbons (Fsp3) is 0.500. The summed E-state index contributed by atoms with van der Waals surface area (Å²) in [7, 11) is 0. The molecule has 0 bridgehead atoms. The van der Waals surface area contributed by atoms with E-state index in [9.17, 15) is 0 Å². The molecule has 0 aliphatic carbocycles. The number of aryl methyl sites for hydroxylation is 2. The third kappa shape index (κ3) is 3.84. The van der Waals surface area contributed by atoms with Crippen LogP contribution < -0.4 is 5.32 Å². The number of halogens is 1. The van der Waals surface area contributed by atoms with E-state index in [-0.39, 0.29) is 0 Å². The topological polar surface area (TPSA) is 21.3 Å². The van der Waals surface area contributed by atoms with Gasteiger partial charge < -0.3 is 10.1 Å². The van der Waals surface area contributed by atoms with Gasteiger partial charge in [0, 0.05) is 23.3 Å². The molecule has 84 valence electrons. The number of ether oxygens (including phenoxy) is 1. The third-order valence-electron chi connectivity index (χ3n) is 2.22. The Labute approximate surface area is 100 Å². The van der Waals surface area contributed by atoms with E-state index in [4.69, 9.17) is 4.74 Å². The lowest BCUT2D eigenvalue weighted by Crippen LogP contribution is -2.09. The Hall–Kier alpha value is -0.540. The Kier molecular flexibility index (Phi) is 5.12. The molecule has 0 saturated carbocycles. The average molecular weight is 272 g/mol. The van der Waals surface area contributed by atoms with Crippen LogP contribution in [0.15, 0.2) is 16.6 Å². The van der Waals surface area contributed by atoms with Gasteiger partial charge in [0.05, 0.1) is 6.61 Å². The molecular weight excluding hydrogens is 254 g/mol. The van der Waals surface area contributed by atoms with Gasteiger partial charge in [-0.25, -0.2) is 0 Å². The van der Waals surface area contributed by atoms with Gasteiger partial charge in [-0.3, -0.25) is 0 Å². The van der Waals surface area contributed by atoms with E-state index in [1.807, 2.05) is 6.92 Å². The highest BCUT2D eigenvalue weighted by Crippen LogP contribution is 2.24. The van der Waals surface area contributed by atoms with Crippen molar-refractivity contribution in [3.05, 3.63) is 27.7 Å². The second-order valence-corrected chi connectivity index (χ2v) is 4.34. The zero-order valence-electron chi connectivity index (χ0n) is 9.56. The molecule has 1 rings (SSSR count). The first-order chi connectivity index (χ1) is 7.15. The summed E-state index contributed by atoms with van der Waals surface area (Å²) in [6.07, 6.45) is 0. The van der Waals surface area contributed by atoms with Crippen molar-refractivity contribution in [2.45, 2.75) is 20.8 Å². The molecule has 0 atom stereocenters. The normalized spacial score (nSPS) is 10.4. The molecule has 2 nitrogen and oxygen atoms in total. The first-order valence-corrected chi connectivity index (χ1v) is 6.02. The number of hydrogen-bond donors (Lipinski definition) is 1. The lowest BCUT2D eigenvalue weighted by molar-refractivity contribution is 0.158. The third-order valence-corrected chi connectivity index (χ3v) is 3.47. The molecule has 0 heterocycles. The van der Waals surface area contributed by atoms with Crippen LogP contribution in [0.25, 0.3) is 0 Å². The molecule has 1 aromatic carbocycles. The Bertz CT molecular complexity index is 302. The van der Waals surface area contributed by atoms with E-state index in [0.717, 1.165) is 25.4 Å². The molecule has 0 fully saturated rings. The molecule has 0 aromatic heterocycles. The summed E-state index contributed by atoms with van der Waals surface area (Å²) in [5, 5.41) is 3.34. The van der Waals surface area contributed by atoms with Gasteiger partial charge in [-0.2, -0.15) is 0 Å². The molecule has 0 spiro atoms. The molecule has 3 heteroatoms. The minimum absolute atomic E-state index is 0.755. The highest BCUT2D eigenvalue weighted by Gasteiger charge is 2.01. The lowest BCUT2D eigenvalue weighted by atomic mass is 10.1. The van der Waals surface area contributed by atoms with Crippen molar-refractivity contribution in [2.24, 2.45) is 0 Å². The summed E-state index contributed by atoms with van der Waals surface area (Å²) in [5.74, 6) is 0. The highest BCUT2D eigenvalue weighted by atomic mass is 79.9. The van der Waals surface area contributed by atoms with Crippen molar-refractivity contribution in [1.82, 2.24) is 0 Å². The number of hydrogen-bond acceptors (Lipinski definition) is 2. The van der Waals surface area contributed by atoms with Crippen LogP contribution in [0.4, 0.5) is 5.69 Å². The number of benzene rings is 1. The van der Waals surface area contributed by atoms with Crippen LogP contribution in [0, 0.1) is 13.8 Å². The van der Waals surface area contributed by atoms with Gasteiger partial charge in [0.25, 0.3) is 0 Å². The summed E-state index contributed by atoms with van der Waals surface area (Å²) in [5.41, 5.74) is 3.68. The van der Waals surface area contributed by atoms with E-state index in [1.54, 1.807) is 0 Å². The van der Waals surface area contributed by atoms with Gasteiger partial charge in [0.15, 0.2) is 0 Å². The van der Waals surface area contributed by atoms with Crippen LogP contribution in [0.3, 0.4) is 0 Å². The van der Waals surface area contributed by atoms with Crippen LogP contribution in [0.5, 0.6) is 0 Å². The predicted octanol–water partition coefficient (Wildman–Crippen LogP) is 3.51. The Morgan fingerprint density at radius 1 is 1.27 bits per heavy atom. The second-order valence-electron chi connectivity index (χ2n) is 3.55. The van der Waals surface area contributed by atoms with Crippen molar-refractivity contribution in [1.29, 1.82) is 0 Å². The van der Waals surface area contributed by atoms with Crippen LogP contribution in [0.2, 0.25) is 0 Å². The summed E-state index contributed by atoms with van der Waals surface area (Å²) in [6.45, 7) is 8.60. The summed E-state index contributed by atoms with van der Waals surface area (Å²) >= 11 is 3.55. The summed E-state index contributed by atoms with van der Waals surface area (Å²) in [6, 6.07) is 4.28. The van der Waals surface area contributed by atoms with Crippen molar-refractivity contribution >= 4 is 21.6 Å². The fourth-order valence-corrected chi connectivity index (χ4v) is 1.69. The Morgan fingerprint density at radius 3 is 2.40 bits per heavy atom. The van der Waals surface area contributed by atoms with Crippen LogP contribution in [-0.4, -0.2) is 19.8 Å². The van der Waals surface area contributed by atoms with E-state index in [2.05, 4.69) is 47.2 Å². The number of rotatable bonds is 5. The zero-order valence-corrected chi connectivity index (χ0v) is 11.1. The maximum atomic E-state index is 5.27. The molecule has 0 aliphatic heterocycles. The van der Waals surface area contributed by atoms with Crippen LogP contribution >= 0.6 is 15.9 Å². The summed E-state index contributed by atoms with van der Waals surface area (Å²) in [4.78, 5) is 0. The van der Waals surface area contributed by atoms with E-state index >= 15 is 0 Å². The molecular formula is C12H18BrNO. The molecule has 1 aromatic rings. The SMILES string of the molecule is CCOCCNc1cc(C)c(Br)c(C)c1. The Morgan fingerprint density at radius 2 is 1.87 bits per heavy atom. The van der Waals surface area contributed by atoms with Crippen molar-refractivity contribution < 1.29 is 4.74 Å². The van der Waals surface area contributed by atoms with Crippen LogP contribution in [-0.2, 0) is 4.74 Å². The van der Waals surface area contributed by atoms with Crippen LogP contribution in [0.1, 0.15) is 18.1 Å². The largest absolute Gasteiger partial charge is 0.383 e. The number of anilines is 1. The molecule has 0 unspecified atom stereocenters. The minimum atomic E-state index is 0.755. The lowest BCUT2D eigenvalue weighted by Gasteiger charge is -2.10. The first-order valence-electron chi connectivity index (χ1n) is 5.23. The molecule has 1 N–H and O–H groups in total. The van der Waals surface area contributed by atoms with Gasteiger partial charge in [-0.15, -0.1) is 0 Å². The van der Waals surface area contributed by atoms with E-state index in [0.29, 0.717) is 0 Å². The first kappa shape index (κ1) is 12.5. The van der Waals surface area contributed by atoms with Gasteiger partial charge in [0.2, 0.25) is 0 Å². The quantitative estimate of drug-likeness (QED) is 0.828. The molecule has 0 amide bonds. The van der Waals surface area contributed by atoms with E-state index in [1.165, 1.54) is 15.6 Å². The predicted molar refractivity (Wildman–Crippen MR) is 68.6 cm³/mol. The molecule has 0 saturated heterocycles. The molecule has 0 aliphatic rings.